The Labute approximate surface area is 226 Å². The Hall–Kier alpha value is -3.50. The third kappa shape index (κ3) is 5.35. The van der Waals surface area contributed by atoms with Gasteiger partial charge >= 0.3 is 5.97 Å². The average Bonchev–Trinajstić information content (AvgIpc) is 3.36. The zero-order chi connectivity index (χ0) is 27.8. The molecule has 7 nitrogen and oxygen atoms in total. The number of rotatable bonds is 9. The van der Waals surface area contributed by atoms with Crippen molar-refractivity contribution in [3.05, 3.63) is 88.5 Å². The van der Waals surface area contributed by atoms with Gasteiger partial charge in [-0.2, -0.15) is 0 Å². The highest BCUT2D eigenvalue weighted by molar-refractivity contribution is 7.92. The molecule has 10 heteroatoms. The van der Waals surface area contributed by atoms with Gasteiger partial charge in [0, 0.05) is 12.0 Å². The smallest absolute Gasteiger partial charge is 0.337 e. The Morgan fingerprint density at radius 3 is 2.26 bits per heavy atom. The lowest BCUT2D eigenvalue weighted by atomic mass is 9.88. The van der Waals surface area contributed by atoms with E-state index in [1.54, 1.807) is 30.3 Å². The van der Waals surface area contributed by atoms with Crippen LogP contribution in [0.4, 0.5) is 14.5 Å². The molecule has 0 bridgehead atoms. The summed E-state index contributed by atoms with van der Waals surface area (Å²) in [5.74, 6) is -2.50. The molecule has 0 amide bonds. The molecule has 5 rings (SSSR count). The maximum Gasteiger partial charge on any atom is 0.337 e. The summed E-state index contributed by atoms with van der Waals surface area (Å²) < 4.78 is 74.9. The number of benzene rings is 3. The average molecular weight is 558 g/mol. The molecular formula is C29H29F2NO6S. The minimum Gasteiger partial charge on any atom is -0.487 e. The molecule has 1 saturated heterocycles. The zero-order valence-electron chi connectivity index (χ0n) is 21.7. The van der Waals surface area contributed by atoms with Crippen LogP contribution in [0.5, 0.6) is 5.75 Å². The van der Waals surface area contributed by atoms with Gasteiger partial charge in [0.15, 0.2) is 4.90 Å². The lowest BCUT2D eigenvalue weighted by Gasteiger charge is -2.42. The fourth-order valence-electron chi connectivity index (χ4n) is 4.94. The molecule has 0 N–H and O–H groups in total. The molecule has 0 unspecified atom stereocenters. The van der Waals surface area contributed by atoms with E-state index in [2.05, 4.69) is 0 Å². The fourth-order valence-corrected chi connectivity index (χ4v) is 6.67. The summed E-state index contributed by atoms with van der Waals surface area (Å²) in [6.45, 7) is 2.52. The van der Waals surface area contributed by atoms with Gasteiger partial charge in [-0.05, 0) is 72.4 Å². The number of methoxy groups -OCH3 is 1. The molecule has 1 aliphatic heterocycles. The predicted molar refractivity (Wildman–Crippen MR) is 140 cm³/mol. The number of aryl methyl sites for hydroxylation is 2. The Morgan fingerprint density at radius 1 is 1.03 bits per heavy atom. The van der Waals surface area contributed by atoms with Crippen LogP contribution in [0, 0.1) is 17.0 Å². The standard InChI is InChI=1S/C29H29F2NO6S/c1-29(17-37-18-29)16-32(39(34,35)27-23(30)7-4-8-24(27)31)25-13-21-5-3-6-22(21)14-26(25)38-15-19-9-11-20(12-10-19)28(33)36-2/h4,7-14H,3,5-6,15-18H2,1-2H3. The predicted octanol–water partition coefficient (Wildman–Crippen LogP) is 5.05. The molecule has 39 heavy (non-hydrogen) atoms. The molecule has 0 radical (unpaired) electrons. The molecule has 0 spiro atoms. The highest BCUT2D eigenvalue weighted by atomic mass is 32.2. The van der Waals surface area contributed by atoms with Crippen molar-refractivity contribution in [3.63, 3.8) is 0 Å². The maximum absolute atomic E-state index is 14.8. The number of hydrogen-bond acceptors (Lipinski definition) is 6. The van der Waals surface area contributed by atoms with E-state index in [1.807, 2.05) is 13.0 Å². The second-order valence-electron chi connectivity index (χ2n) is 10.3. The Kier molecular flexibility index (Phi) is 7.35. The SMILES string of the molecule is COC(=O)c1ccc(COc2cc3c(cc2N(CC2(C)COC2)S(=O)(=O)c2c(F)cccc2F)CCC3)cc1. The van der Waals surface area contributed by atoms with Crippen LogP contribution in [0.15, 0.2) is 59.5 Å². The van der Waals surface area contributed by atoms with Gasteiger partial charge in [0.05, 0.1) is 31.6 Å². The highest BCUT2D eigenvalue weighted by Crippen LogP contribution is 2.42. The van der Waals surface area contributed by atoms with Crippen molar-refractivity contribution in [3.8, 4) is 5.75 Å². The summed E-state index contributed by atoms with van der Waals surface area (Å²) >= 11 is 0. The summed E-state index contributed by atoms with van der Waals surface area (Å²) in [6.07, 6.45) is 2.49. The van der Waals surface area contributed by atoms with Gasteiger partial charge in [-0.3, -0.25) is 4.31 Å². The van der Waals surface area contributed by atoms with Crippen molar-refractivity contribution < 1.29 is 36.2 Å². The molecule has 0 aromatic heterocycles. The van der Waals surface area contributed by atoms with Crippen LogP contribution in [-0.2, 0) is 38.9 Å². The minimum atomic E-state index is -4.67. The molecule has 1 aliphatic carbocycles. The van der Waals surface area contributed by atoms with E-state index in [0.717, 1.165) is 58.5 Å². The van der Waals surface area contributed by atoms with Gasteiger partial charge in [-0.1, -0.05) is 25.1 Å². The Morgan fingerprint density at radius 2 is 1.67 bits per heavy atom. The number of anilines is 1. The molecule has 2 aliphatic rings. The van der Waals surface area contributed by atoms with Gasteiger partial charge in [0.2, 0.25) is 0 Å². The van der Waals surface area contributed by atoms with Crippen molar-refractivity contribution >= 4 is 21.7 Å². The molecule has 1 fully saturated rings. The molecule has 0 saturated carbocycles. The zero-order valence-corrected chi connectivity index (χ0v) is 22.5. The monoisotopic (exact) mass is 557 g/mol. The van der Waals surface area contributed by atoms with Gasteiger partial charge in [-0.15, -0.1) is 0 Å². The highest BCUT2D eigenvalue weighted by Gasteiger charge is 2.42. The number of carbonyl (C=O) groups excluding carboxylic acids is 1. The lowest BCUT2D eigenvalue weighted by molar-refractivity contribution is -0.0941. The van der Waals surface area contributed by atoms with Crippen molar-refractivity contribution in [1.82, 2.24) is 0 Å². The van der Waals surface area contributed by atoms with Crippen LogP contribution in [0.3, 0.4) is 0 Å². The number of esters is 1. The van der Waals surface area contributed by atoms with Crippen LogP contribution < -0.4 is 9.04 Å². The van der Waals surface area contributed by atoms with E-state index in [4.69, 9.17) is 14.2 Å². The first-order chi connectivity index (χ1) is 18.6. The van der Waals surface area contributed by atoms with E-state index in [1.165, 1.54) is 7.11 Å². The number of carbonyl (C=O) groups is 1. The summed E-state index contributed by atoms with van der Waals surface area (Å²) in [7, 11) is -3.37. The van der Waals surface area contributed by atoms with E-state index in [0.29, 0.717) is 18.8 Å². The van der Waals surface area contributed by atoms with Crippen LogP contribution in [0.25, 0.3) is 0 Å². The van der Waals surface area contributed by atoms with E-state index < -0.39 is 37.9 Å². The first-order valence-electron chi connectivity index (χ1n) is 12.6. The van der Waals surface area contributed by atoms with Crippen LogP contribution in [0.2, 0.25) is 0 Å². The molecule has 0 atom stereocenters. The first-order valence-corrected chi connectivity index (χ1v) is 14.1. The Balaban J connectivity index is 1.56. The second kappa shape index (κ2) is 10.6. The summed E-state index contributed by atoms with van der Waals surface area (Å²) in [5.41, 5.74) is 2.82. The van der Waals surface area contributed by atoms with Gasteiger partial charge in [0.25, 0.3) is 10.0 Å². The van der Waals surface area contributed by atoms with Crippen molar-refractivity contribution in [1.29, 1.82) is 0 Å². The second-order valence-corrected chi connectivity index (χ2v) is 12.1. The maximum atomic E-state index is 14.8. The van der Waals surface area contributed by atoms with Crippen molar-refractivity contribution in [2.24, 2.45) is 5.41 Å². The summed E-state index contributed by atoms with van der Waals surface area (Å²) in [5, 5.41) is 0. The number of nitrogens with zero attached hydrogens (tertiary/aromatic N) is 1. The van der Waals surface area contributed by atoms with Gasteiger partial charge in [0.1, 0.15) is 24.0 Å². The first kappa shape index (κ1) is 27.1. The quantitative estimate of drug-likeness (QED) is 0.343. The normalized spacial score (nSPS) is 15.8. The van der Waals surface area contributed by atoms with E-state index >= 15 is 0 Å². The van der Waals surface area contributed by atoms with E-state index in [9.17, 15) is 22.0 Å². The minimum absolute atomic E-state index is 0.0495. The molecule has 3 aromatic carbocycles. The molecule has 3 aromatic rings. The van der Waals surface area contributed by atoms with Crippen LogP contribution >= 0.6 is 0 Å². The Bertz CT molecular complexity index is 1480. The number of halogens is 2. The number of ether oxygens (including phenoxy) is 3. The summed E-state index contributed by atoms with van der Waals surface area (Å²) in [6, 6.07) is 13.2. The third-order valence-electron chi connectivity index (χ3n) is 7.10. The van der Waals surface area contributed by atoms with Crippen LogP contribution in [0.1, 0.15) is 40.4 Å². The summed E-state index contributed by atoms with van der Waals surface area (Å²) in [4.78, 5) is 10.8. The number of fused-ring (bicyclic) bond motifs is 1. The lowest BCUT2D eigenvalue weighted by Crippen LogP contribution is -2.50. The van der Waals surface area contributed by atoms with Crippen molar-refractivity contribution in [2.45, 2.75) is 37.7 Å². The topological polar surface area (TPSA) is 82.1 Å². The van der Waals surface area contributed by atoms with Gasteiger partial charge in [-0.25, -0.2) is 22.0 Å². The van der Waals surface area contributed by atoms with Gasteiger partial charge < -0.3 is 14.2 Å². The fraction of sp³-hybridized carbons (Fsp3) is 0.345. The molecular weight excluding hydrogens is 528 g/mol. The number of sulfonamides is 1. The van der Waals surface area contributed by atoms with E-state index in [-0.39, 0.29) is 24.6 Å². The number of hydrogen-bond donors (Lipinski definition) is 0. The molecule has 206 valence electrons. The van der Waals surface area contributed by atoms with Crippen molar-refractivity contribution in [2.75, 3.05) is 31.2 Å². The largest absolute Gasteiger partial charge is 0.487 e. The molecule has 1 heterocycles. The van der Waals surface area contributed by atoms with Crippen LogP contribution in [-0.4, -0.2) is 41.3 Å². The third-order valence-corrected chi connectivity index (χ3v) is 8.92.